The summed E-state index contributed by atoms with van der Waals surface area (Å²) in [4.78, 5) is 4.40. The molecule has 112 valence electrons. The lowest BCUT2D eigenvalue weighted by Gasteiger charge is -2.38. The van der Waals surface area contributed by atoms with E-state index in [0.717, 1.165) is 13.1 Å². The van der Waals surface area contributed by atoms with Gasteiger partial charge >= 0.3 is 0 Å². The van der Waals surface area contributed by atoms with Crippen LogP contribution in [-0.2, 0) is 17.8 Å². The Bertz CT molecular complexity index is 612. The lowest BCUT2D eigenvalue weighted by molar-refractivity contribution is -0.0841. The molecule has 1 aromatic carbocycles. The van der Waals surface area contributed by atoms with E-state index in [1.54, 1.807) is 0 Å². The molecular formula is C16H21N3O2. The van der Waals surface area contributed by atoms with Crippen molar-refractivity contribution in [3.8, 4) is 0 Å². The Morgan fingerprint density at radius 1 is 1.24 bits per heavy atom. The smallest absolute Gasteiger partial charge is 0.252 e. The predicted molar refractivity (Wildman–Crippen MR) is 79.1 cm³/mol. The summed E-state index contributed by atoms with van der Waals surface area (Å²) < 4.78 is 11.0. The highest BCUT2D eigenvalue weighted by molar-refractivity contribution is 5.30. The lowest BCUT2D eigenvalue weighted by Crippen LogP contribution is -2.58. The van der Waals surface area contributed by atoms with Crippen LogP contribution in [0.3, 0.4) is 0 Å². The topological polar surface area (TPSA) is 60.2 Å². The molecule has 0 unspecified atom stereocenters. The number of hydrogen-bond donors (Lipinski definition) is 1. The maximum atomic E-state index is 5.79. The zero-order chi connectivity index (χ0) is 14.9. The Balaban J connectivity index is 1.61. The van der Waals surface area contributed by atoms with Crippen molar-refractivity contribution in [2.75, 3.05) is 13.1 Å². The highest BCUT2D eigenvalue weighted by Gasteiger charge is 2.32. The van der Waals surface area contributed by atoms with Crippen molar-refractivity contribution in [1.82, 2.24) is 15.5 Å². The van der Waals surface area contributed by atoms with Crippen molar-refractivity contribution in [1.29, 1.82) is 0 Å². The zero-order valence-corrected chi connectivity index (χ0v) is 12.8. The van der Waals surface area contributed by atoms with Crippen molar-refractivity contribution < 1.29 is 9.26 Å². The van der Waals surface area contributed by atoms with Gasteiger partial charge in [0.1, 0.15) is 6.61 Å². The van der Waals surface area contributed by atoms with E-state index in [1.165, 1.54) is 16.7 Å². The van der Waals surface area contributed by atoms with Crippen LogP contribution in [0.5, 0.6) is 0 Å². The van der Waals surface area contributed by atoms with Crippen LogP contribution < -0.4 is 5.32 Å². The van der Waals surface area contributed by atoms with Gasteiger partial charge in [-0.3, -0.25) is 0 Å². The SMILES string of the molecule is Cc1cc(C)cc(Cc2noc(COC3(C)CNC3)n2)c1. The number of ether oxygens (including phenoxy) is 1. The average Bonchev–Trinajstić information content (AvgIpc) is 2.80. The minimum Gasteiger partial charge on any atom is -0.363 e. The van der Waals surface area contributed by atoms with Gasteiger partial charge in [0.15, 0.2) is 5.82 Å². The number of aryl methyl sites for hydroxylation is 2. The first-order valence-corrected chi connectivity index (χ1v) is 7.26. The molecule has 0 radical (unpaired) electrons. The van der Waals surface area contributed by atoms with Gasteiger partial charge in [-0.1, -0.05) is 34.5 Å². The molecule has 0 spiro atoms. The van der Waals surface area contributed by atoms with Crippen molar-refractivity contribution >= 4 is 0 Å². The molecule has 21 heavy (non-hydrogen) atoms. The van der Waals surface area contributed by atoms with Crippen LogP contribution in [0, 0.1) is 13.8 Å². The van der Waals surface area contributed by atoms with Crippen LogP contribution in [0.4, 0.5) is 0 Å². The van der Waals surface area contributed by atoms with Crippen molar-refractivity contribution in [2.24, 2.45) is 0 Å². The van der Waals surface area contributed by atoms with Gasteiger partial charge in [-0.05, 0) is 26.3 Å². The molecular weight excluding hydrogens is 266 g/mol. The Morgan fingerprint density at radius 3 is 2.57 bits per heavy atom. The van der Waals surface area contributed by atoms with E-state index < -0.39 is 0 Å². The molecule has 0 saturated carbocycles. The van der Waals surface area contributed by atoms with Crippen LogP contribution in [0.25, 0.3) is 0 Å². The fourth-order valence-corrected chi connectivity index (χ4v) is 2.59. The molecule has 1 aliphatic heterocycles. The average molecular weight is 287 g/mol. The van der Waals surface area contributed by atoms with Gasteiger partial charge in [-0.2, -0.15) is 4.98 Å². The quantitative estimate of drug-likeness (QED) is 0.913. The largest absolute Gasteiger partial charge is 0.363 e. The van der Waals surface area contributed by atoms with Gasteiger partial charge in [0.2, 0.25) is 0 Å². The molecule has 2 aromatic rings. The highest BCUT2D eigenvalue weighted by atomic mass is 16.5. The van der Waals surface area contributed by atoms with Crippen molar-refractivity contribution in [3.63, 3.8) is 0 Å². The van der Waals surface area contributed by atoms with E-state index in [-0.39, 0.29) is 5.60 Å². The van der Waals surface area contributed by atoms with Crippen LogP contribution >= 0.6 is 0 Å². The molecule has 2 heterocycles. The summed E-state index contributed by atoms with van der Waals surface area (Å²) in [6.45, 7) is 8.39. The molecule has 1 N–H and O–H groups in total. The number of hydrogen-bond acceptors (Lipinski definition) is 5. The highest BCUT2D eigenvalue weighted by Crippen LogP contribution is 2.18. The summed E-state index contributed by atoms with van der Waals surface area (Å²) in [6, 6.07) is 6.47. The molecule has 0 atom stereocenters. The van der Waals surface area contributed by atoms with Crippen molar-refractivity contribution in [3.05, 3.63) is 46.6 Å². The molecule has 0 bridgehead atoms. The summed E-state index contributed by atoms with van der Waals surface area (Å²) in [5.41, 5.74) is 3.61. The summed E-state index contributed by atoms with van der Waals surface area (Å²) in [6.07, 6.45) is 0.685. The van der Waals surface area contributed by atoms with E-state index in [1.807, 2.05) is 0 Å². The summed E-state index contributed by atoms with van der Waals surface area (Å²) in [7, 11) is 0. The monoisotopic (exact) mass is 287 g/mol. The van der Waals surface area contributed by atoms with Crippen LogP contribution in [0.2, 0.25) is 0 Å². The molecule has 1 saturated heterocycles. The molecule has 5 heteroatoms. The first kappa shape index (κ1) is 14.2. The second-order valence-electron chi connectivity index (χ2n) is 6.12. The van der Waals surface area contributed by atoms with Gasteiger partial charge in [0.25, 0.3) is 5.89 Å². The summed E-state index contributed by atoms with van der Waals surface area (Å²) in [5.74, 6) is 1.25. The minimum atomic E-state index is -0.0950. The maximum absolute atomic E-state index is 5.79. The third-order valence-electron chi connectivity index (χ3n) is 3.70. The van der Waals surface area contributed by atoms with E-state index in [4.69, 9.17) is 9.26 Å². The van der Waals surface area contributed by atoms with E-state index >= 15 is 0 Å². The first-order valence-electron chi connectivity index (χ1n) is 7.26. The maximum Gasteiger partial charge on any atom is 0.252 e. The second-order valence-corrected chi connectivity index (χ2v) is 6.12. The third-order valence-corrected chi connectivity index (χ3v) is 3.70. The van der Waals surface area contributed by atoms with Gasteiger partial charge in [-0.15, -0.1) is 0 Å². The Hall–Kier alpha value is -1.72. The van der Waals surface area contributed by atoms with E-state index in [2.05, 4.69) is 54.4 Å². The van der Waals surface area contributed by atoms with E-state index in [9.17, 15) is 0 Å². The summed E-state index contributed by atoms with van der Waals surface area (Å²) in [5, 5.41) is 7.23. The van der Waals surface area contributed by atoms with Crippen LogP contribution in [0.15, 0.2) is 22.7 Å². The van der Waals surface area contributed by atoms with E-state index in [0.29, 0.717) is 24.7 Å². The Morgan fingerprint density at radius 2 is 1.95 bits per heavy atom. The van der Waals surface area contributed by atoms with Gasteiger partial charge in [0.05, 0.1) is 5.60 Å². The predicted octanol–water partition coefficient (Wildman–Crippen LogP) is 2.16. The molecule has 1 aromatic heterocycles. The molecule has 1 fully saturated rings. The first-order chi connectivity index (χ1) is 10.0. The van der Waals surface area contributed by atoms with Crippen LogP contribution in [0.1, 0.15) is 35.3 Å². The van der Waals surface area contributed by atoms with Gasteiger partial charge in [-0.25, -0.2) is 0 Å². The number of rotatable bonds is 5. The molecule has 0 amide bonds. The zero-order valence-electron chi connectivity index (χ0n) is 12.8. The molecule has 5 nitrogen and oxygen atoms in total. The van der Waals surface area contributed by atoms with Gasteiger partial charge in [0, 0.05) is 19.5 Å². The van der Waals surface area contributed by atoms with Crippen molar-refractivity contribution in [2.45, 2.75) is 39.4 Å². The van der Waals surface area contributed by atoms with Crippen LogP contribution in [-0.4, -0.2) is 28.8 Å². The lowest BCUT2D eigenvalue weighted by atomic mass is 10.0. The molecule has 0 aliphatic carbocycles. The Kier molecular flexibility index (Phi) is 3.78. The number of nitrogens with zero attached hydrogens (tertiary/aromatic N) is 2. The summed E-state index contributed by atoms with van der Waals surface area (Å²) >= 11 is 0. The second kappa shape index (κ2) is 5.58. The number of benzene rings is 1. The fourth-order valence-electron chi connectivity index (χ4n) is 2.59. The minimum absolute atomic E-state index is 0.0950. The Labute approximate surface area is 124 Å². The van der Waals surface area contributed by atoms with Gasteiger partial charge < -0.3 is 14.6 Å². The molecule has 3 rings (SSSR count). The molecule has 1 aliphatic rings. The fraction of sp³-hybridized carbons (Fsp3) is 0.500. The standard InChI is InChI=1S/C16H21N3O2/c1-11-4-12(2)6-13(5-11)7-14-18-15(21-19-14)8-20-16(3)9-17-10-16/h4-6,17H,7-10H2,1-3H3. The normalized spacial score (nSPS) is 16.7. The third kappa shape index (κ3) is 3.49. The number of nitrogens with one attached hydrogen (secondary N) is 1. The number of aromatic nitrogens is 2.